The van der Waals surface area contributed by atoms with Crippen molar-refractivity contribution in [3.05, 3.63) is 102 Å². The lowest BCUT2D eigenvalue weighted by molar-refractivity contribution is -0.137. The Hall–Kier alpha value is -4.88. The SMILES string of the molecule is N#Cc1cc(S(=O)(=O)Nc2ncns2)ccc1Oc1ccc(-c2cccc(C(F)(F)F)c2)cc1-c1ccncc1CNCCC1CCNCC1. The van der Waals surface area contributed by atoms with Gasteiger partial charge in [-0.05, 0) is 116 Å². The second-order valence-electron chi connectivity index (χ2n) is 11.7. The molecule has 5 aromatic rings. The number of pyridine rings is 1. The molecule has 15 heteroatoms. The van der Waals surface area contributed by atoms with Gasteiger partial charge >= 0.3 is 6.18 Å². The summed E-state index contributed by atoms with van der Waals surface area (Å²) in [6.07, 6.45) is 3.38. The maximum atomic E-state index is 13.6. The maximum Gasteiger partial charge on any atom is 0.416 e. The normalized spacial score (nSPS) is 13.9. The Balaban J connectivity index is 1.34. The van der Waals surface area contributed by atoms with Crippen LogP contribution >= 0.6 is 11.5 Å². The minimum absolute atomic E-state index is 0.0485. The average molecular weight is 720 g/mol. The second kappa shape index (κ2) is 15.3. The number of anilines is 1. The zero-order chi connectivity index (χ0) is 35.1. The standard InChI is InChI=1S/C35H32F3N7O3S2/c36-35(37,38)28-3-1-2-24(16-28)25-4-6-33(48-32-7-5-29(17-26(32)19-39)50(46,47)45-34-43-22-44-49-34)31(18-25)30-11-15-42-21-27(30)20-41-14-10-23-8-12-40-13-9-23/h1-7,11,15-18,21-23,40-41H,8-10,12-14,20H2,(H,43,44,45). The van der Waals surface area contributed by atoms with Gasteiger partial charge in [-0.1, -0.05) is 18.2 Å². The Morgan fingerprint density at radius 1 is 1.00 bits per heavy atom. The molecule has 0 unspecified atom stereocenters. The number of rotatable bonds is 12. The van der Waals surface area contributed by atoms with Gasteiger partial charge < -0.3 is 15.4 Å². The molecule has 6 rings (SSSR count). The summed E-state index contributed by atoms with van der Waals surface area (Å²) in [5.74, 6) is 1.05. The van der Waals surface area contributed by atoms with Crippen molar-refractivity contribution in [3.8, 4) is 39.8 Å². The first kappa shape index (κ1) is 35.0. The Bertz CT molecular complexity index is 2100. The van der Waals surface area contributed by atoms with Crippen LogP contribution < -0.4 is 20.1 Å². The Kier molecular flexibility index (Phi) is 10.7. The van der Waals surface area contributed by atoms with Crippen LogP contribution in [0.1, 0.15) is 36.0 Å². The molecule has 258 valence electrons. The number of sulfonamides is 1. The number of ether oxygens (including phenoxy) is 1. The van der Waals surface area contributed by atoms with Crippen molar-refractivity contribution in [2.24, 2.45) is 5.92 Å². The van der Waals surface area contributed by atoms with E-state index >= 15 is 0 Å². The topological polar surface area (TPSA) is 142 Å². The van der Waals surface area contributed by atoms with Crippen LogP contribution in [0.3, 0.4) is 0 Å². The molecule has 1 aliphatic heterocycles. The number of nitrogens with one attached hydrogen (secondary N) is 3. The number of nitriles is 1. The number of hydrogen-bond acceptors (Lipinski definition) is 10. The number of piperidine rings is 1. The van der Waals surface area contributed by atoms with Gasteiger partial charge in [0.2, 0.25) is 5.13 Å². The van der Waals surface area contributed by atoms with Crippen molar-refractivity contribution < 1.29 is 26.3 Å². The van der Waals surface area contributed by atoms with Crippen LogP contribution in [-0.2, 0) is 22.7 Å². The Labute approximate surface area is 291 Å². The highest BCUT2D eigenvalue weighted by atomic mass is 32.2. The third kappa shape index (κ3) is 8.45. The molecule has 3 heterocycles. The van der Waals surface area contributed by atoms with E-state index in [9.17, 15) is 26.9 Å². The molecule has 0 aliphatic carbocycles. The molecule has 0 saturated carbocycles. The van der Waals surface area contributed by atoms with E-state index in [1.807, 2.05) is 12.1 Å². The molecule has 1 fully saturated rings. The van der Waals surface area contributed by atoms with Gasteiger partial charge in [0.05, 0.1) is 16.0 Å². The van der Waals surface area contributed by atoms with Gasteiger partial charge in [0, 0.05) is 36.0 Å². The Morgan fingerprint density at radius 2 is 1.80 bits per heavy atom. The molecule has 1 saturated heterocycles. The van der Waals surface area contributed by atoms with Crippen molar-refractivity contribution >= 4 is 26.7 Å². The molecule has 0 atom stereocenters. The Morgan fingerprint density at radius 3 is 2.56 bits per heavy atom. The molecule has 3 N–H and O–H groups in total. The monoisotopic (exact) mass is 719 g/mol. The third-order valence-electron chi connectivity index (χ3n) is 8.38. The molecule has 0 spiro atoms. The first-order valence-electron chi connectivity index (χ1n) is 15.8. The summed E-state index contributed by atoms with van der Waals surface area (Å²) in [6.45, 7) is 3.34. The smallest absolute Gasteiger partial charge is 0.416 e. The fraction of sp³-hybridized carbons (Fsp3) is 0.257. The first-order chi connectivity index (χ1) is 24.1. The summed E-state index contributed by atoms with van der Waals surface area (Å²) < 4.78 is 79.2. The zero-order valence-corrected chi connectivity index (χ0v) is 28.2. The highest BCUT2D eigenvalue weighted by Gasteiger charge is 2.30. The minimum atomic E-state index is -4.51. The van der Waals surface area contributed by atoms with E-state index in [4.69, 9.17) is 4.74 Å². The fourth-order valence-corrected chi connectivity index (χ4v) is 7.46. The van der Waals surface area contributed by atoms with Gasteiger partial charge in [-0.3, -0.25) is 9.71 Å². The van der Waals surface area contributed by atoms with Gasteiger partial charge in [-0.2, -0.15) is 22.8 Å². The average Bonchev–Trinajstić information content (AvgIpc) is 3.63. The largest absolute Gasteiger partial charge is 0.455 e. The van der Waals surface area contributed by atoms with Gasteiger partial charge in [0.25, 0.3) is 10.0 Å². The lowest BCUT2D eigenvalue weighted by atomic mass is 9.94. The van der Waals surface area contributed by atoms with E-state index < -0.39 is 21.8 Å². The van der Waals surface area contributed by atoms with Gasteiger partial charge in [-0.15, -0.1) is 0 Å². The van der Waals surface area contributed by atoms with Crippen LogP contribution in [0.25, 0.3) is 22.3 Å². The van der Waals surface area contributed by atoms with Crippen LogP contribution in [0.2, 0.25) is 0 Å². The van der Waals surface area contributed by atoms with Crippen molar-refractivity contribution in [2.45, 2.75) is 36.9 Å². The number of nitrogens with zero attached hydrogens (tertiary/aromatic N) is 4. The lowest BCUT2D eigenvalue weighted by Gasteiger charge is -2.22. The molecule has 0 amide bonds. The van der Waals surface area contributed by atoms with Gasteiger partial charge in [0.1, 0.15) is 23.9 Å². The minimum Gasteiger partial charge on any atom is -0.455 e. The molecule has 0 radical (unpaired) electrons. The molecular weight excluding hydrogens is 688 g/mol. The predicted molar refractivity (Wildman–Crippen MR) is 184 cm³/mol. The number of benzene rings is 3. The van der Waals surface area contributed by atoms with E-state index in [1.165, 1.54) is 30.6 Å². The van der Waals surface area contributed by atoms with Crippen molar-refractivity contribution in [1.29, 1.82) is 5.26 Å². The van der Waals surface area contributed by atoms with Crippen LogP contribution in [0.15, 0.2) is 90.3 Å². The quantitative estimate of drug-likeness (QED) is 0.114. The molecule has 2 aromatic heterocycles. The van der Waals surface area contributed by atoms with Crippen LogP contribution in [0, 0.1) is 17.2 Å². The van der Waals surface area contributed by atoms with Crippen molar-refractivity contribution in [1.82, 2.24) is 25.0 Å². The highest BCUT2D eigenvalue weighted by molar-refractivity contribution is 7.93. The second-order valence-corrected chi connectivity index (χ2v) is 14.2. The number of hydrogen-bond donors (Lipinski definition) is 3. The summed E-state index contributed by atoms with van der Waals surface area (Å²) in [7, 11) is -4.08. The predicted octanol–water partition coefficient (Wildman–Crippen LogP) is 7.23. The number of halogens is 3. The first-order valence-corrected chi connectivity index (χ1v) is 18.0. The number of aromatic nitrogens is 3. The third-order valence-corrected chi connectivity index (χ3v) is 10.4. The summed E-state index contributed by atoms with van der Waals surface area (Å²) in [5, 5.41) is 17.0. The summed E-state index contributed by atoms with van der Waals surface area (Å²) in [4.78, 5) is 7.99. The number of alkyl halides is 3. The van der Waals surface area contributed by atoms with Crippen LogP contribution in [-0.4, -0.2) is 42.4 Å². The molecule has 1 aliphatic rings. The van der Waals surface area contributed by atoms with Crippen molar-refractivity contribution in [2.75, 3.05) is 24.4 Å². The van der Waals surface area contributed by atoms with E-state index in [1.54, 1.807) is 36.7 Å². The van der Waals surface area contributed by atoms with E-state index in [2.05, 4.69) is 29.7 Å². The van der Waals surface area contributed by atoms with E-state index in [0.717, 1.165) is 73.7 Å². The molecule has 50 heavy (non-hydrogen) atoms. The lowest BCUT2D eigenvalue weighted by Crippen LogP contribution is -2.29. The van der Waals surface area contributed by atoms with E-state index in [0.29, 0.717) is 34.9 Å². The van der Waals surface area contributed by atoms with Crippen LogP contribution in [0.4, 0.5) is 18.3 Å². The zero-order valence-electron chi connectivity index (χ0n) is 26.6. The van der Waals surface area contributed by atoms with Crippen LogP contribution in [0.5, 0.6) is 11.5 Å². The molecule has 3 aromatic carbocycles. The van der Waals surface area contributed by atoms with Gasteiger partial charge in [0.15, 0.2) is 0 Å². The maximum absolute atomic E-state index is 13.6. The fourth-order valence-electron chi connectivity index (χ4n) is 5.78. The highest BCUT2D eigenvalue weighted by Crippen LogP contribution is 2.40. The van der Waals surface area contributed by atoms with Gasteiger partial charge in [-0.25, -0.2) is 13.4 Å². The van der Waals surface area contributed by atoms with E-state index in [-0.39, 0.29) is 21.3 Å². The summed E-state index contributed by atoms with van der Waals surface area (Å²) in [6, 6.07) is 17.8. The summed E-state index contributed by atoms with van der Waals surface area (Å²) >= 11 is 0.866. The molecule has 0 bridgehead atoms. The molecule has 10 nitrogen and oxygen atoms in total. The summed E-state index contributed by atoms with van der Waals surface area (Å²) in [5.41, 5.74) is 2.19. The van der Waals surface area contributed by atoms with Crippen molar-refractivity contribution in [3.63, 3.8) is 0 Å². The molecular formula is C35H32F3N7O3S2.